The Labute approximate surface area is 134 Å². The monoisotopic (exact) mass is 330 g/mol. The highest BCUT2D eigenvalue weighted by atomic mass is 32.2. The predicted octanol–water partition coefficient (Wildman–Crippen LogP) is 1.42. The van der Waals surface area contributed by atoms with Crippen LogP contribution < -0.4 is 0 Å². The second-order valence-corrected chi connectivity index (χ2v) is 7.42. The van der Waals surface area contributed by atoms with Crippen LogP contribution in [-0.4, -0.2) is 64.2 Å². The molecule has 8 heteroatoms. The maximum absolute atomic E-state index is 12.3. The van der Waals surface area contributed by atoms with Gasteiger partial charge in [-0.15, -0.1) is 0 Å². The van der Waals surface area contributed by atoms with Crippen LogP contribution in [0.3, 0.4) is 0 Å². The van der Waals surface area contributed by atoms with E-state index in [9.17, 15) is 14.4 Å². The van der Waals surface area contributed by atoms with E-state index in [1.54, 1.807) is 32.5 Å². The van der Waals surface area contributed by atoms with Crippen molar-refractivity contribution in [2.75, 3.05) is 24.6 Å². The first-order valence-corrected chi connectivity index (χ1v) is 8.53. The van der Waals surface area contributed by atoms with Crippen molar-refractivity contribution >= 4 is 29.7 Å². The Hall–Kier alpha value is -1.44. The van der Waals surface area contributed by atoms with Gasteiger partial charge in [-0.25, -0.2) is 9.59 Å². The highest BCUT2D eigenvalue weighted by Crippen LogP contribution is 2.22. The Bertz CT molecular complexity index is 463. The number of carbonyl (C=O) groups excluding carboxylic acids is 3. The summed E-state index contributed by atoms with van der Waals surface area (Å²) in [6.45, 7) is 6.17. The Morgan fingerprint density at radius 2 is 2.00 bits per heavy atom. The van der Waals surface area contributed by atoms with Crippen LogP contribution >= 0.6 is 11.8 Å². The van der Waals surface area contributed by atoms with E-state index in [-0.39, 0.29) is 5.91 Å². The van der Waals surface area contributed by atoms with E-state index < -0.39 is 23.7 Å². The van der Waals surface area contributed by atoms with Crippen molar-refractivity contribution in [3.05, 3.63) is 0 Å². The summed E-state index contributed by atoms with van der Waals surface area (Å²) in [6, 6.07) is -0.720. The largest absolute Gasteiger partial charge is 0.444 e. The lowest BCUT2D eigenvalue weighted by Gasteiger charge is -2.35. The fourth-order valence-corrected chi connectivity index (χ4v) is 3.26. The summed E-state index contributed by atoms with van der Waals surface area (Å²) in [4.78, 5) is 42.6. The van der Waals surface area contributed by atoms with Gasteiger partial charge in [0.15, 0.2) is 0 Å². The van der Waals surface area contributed by atoms with Crippen molar-refractivity contribution in [1.29, 1.82) is 0 Å². The van der Waals surface area contributed by atoms with Crippen LogP contribution in [0.1, 0.15) is 33.6 Å². The van der Waals surface area contributed by atoms with Crippen LogP contribution in [-0.2, 0) is 19.2 Å². The minimum atomic E-state index is -0.720. The molecule has 1 atom stereocenters. The predicted molar refractivity (Wildman–Crippen MR) is 81.1 cm³/mol. The number of hydrogen-bond donors (Lipinski definition) is 0. The molecule has 7 nitrogen and oxygen atoms in total. The zero-order valence-corrected chi connectivity index (χ0v) is 14.0. The number of ether oxygens (including phenoxy) is 1. The second kappa shape index (κ2) is 6.76. The number of carbonyl (C=O) groups is 3. The van der Waals surface area contributed by atoms with Crippen LogP contribution in [0.5, 0.6) is 0 Å². The molecule has 0 N–H and O–H groups in total. The normalized spacial score (nSPS) is 22.7. The van der Waals surface area contributed by atoms with Gasteiger partial charge in [0.05, 0.1) is 6.54 Å². The van der Waals surface area contributed by atoms with Gasteiger partial charge in [-0.1, -0.05) is 0 Å². The summed E-state index contributed by atoms with van der Waals surface area (Å²) in [7, 11) is 0. The van der Waals surface area contributed by atoms with Gasteiger partial charge in [0.2, 0.25) is 0 Å². The molecule has 2 rings (SSSR count). The molecule has 0 spiro atoms. The molecule has 2 amide bonds. The molecule has 0 saturated carbocycles. The molecule has 0 aromatic carbocycles. The minimum absolute atomic E-state index is 0.194. The number of thioether (sulfide) groups is 1. The average Bonchev–Trinajstić information content (AvgIpc) is 2.82. The zero-order chi connectivity index (χ0) is 16.3. The highest BCUT2D eigenvalue weighted by Gasteiger charge is 2.38. The van der Waals surface area contributed by atoms with Crippen molar-refractivity contribution in [1.82, 2.24) is 9.96 Å². The van der Waals surface area contributed by atoms with Gasteiger partial charge < -0.3 is 9.57 Å². The number of amides is 2. The molecule has 2 fully saturated rings. The number of rotatable bonds is 2. The van der Waals surface area contributed by atoms with E-state index in [0.29, 0.717) is 31.7 Å². The molecule has 2 aliphatic rings. The lowest BCUT2D eigenvalue weighted by Crippen LogP contribution is -2.53. The average molecular weight is 330 g/mol. The third-order valence-corrected chi connectivity index (χ3v) is 4.28. The van der Waals surface area contributed by atoms with Crippen LogP contribution in [0.2, 0.25) is 0 Å². The van der Waals surface area contributed by atoms with Crippen molar-refractivity contribution in [3.8, 4) is 0 Å². The van der Waals surface area contributed by atoms with Gasteiger partial charge >= 0.3 is 12.1 Å². The zero-order valence-electron chi connectivity index (χ0n) is 13.2. The molecular formula is C14H22N2O5S. The maximum Gasteiger partial charge on any atom is 0.411 e. The first-order valence-electron chi connectivity index (χ1n) is 7.37. The summed E-state index contributed by atoms with van der Waals surface area (Å²) in [5.41, 5.74) is -0.624. The van der Waals surface area contributed by atoms with Gasteiger partial charge in [0.25, 0.3) is 5.91 Å². The van der Waals surface area contributed by atoms with E-state index >= 15 is 0 Å². The molecule has 0 bridgehead atoms. The second-order valence-electron chi connectivity index (χ2n) is 6.27. The first kappa shape index (κ1) is 16.9. The Balaban J connectivity index is 2.00. The number of hydrogen-bond acceptors (Lipinski definition) is 6. The van der Waals surface area contributed by atoms with Crippen LogP contribution in [0.25, 0.3) is 0 Å². The molecule has 2 saturated heterocycles. The summed E-state index contributed by atoms with van der Waals surface area (Å²) in [5, 5.41) is 1.09. The third-order valence-electron chi connectivity index (χ3n) is 3.26. The molecule has 124 valence electrons. The van der Waals surface area contributed by atoms with E-state index in [4.69, 9.17) is 9.57 Å². The highest BCUT2D eigenvalue weighted by molar-refractivity contribution is 7.99. The minimum Gasteiger partial charge on any atom is -0.444 e. The molecule has 0 aromatic heterocycles. The molecule has 2 heterocycles. The standard InChI is InChI=1S/C14H22N2O5S/c1-14(2,3)20-13(19)15-7-8-22-9-10(15)12(18)21-16-6-4-5-11(16)17/h10H,4-9H2,1-3H3. The van der Waals surface area contributed by atoms with Crippen LogP contribution in [0.4, 0.5) is 4.79 Å². The lowest BCUT2D eigenvalue weighted by atomic mass is 10.2. The van der Waals surface area contributed by atoms with Crippen molar-refractivity contribution in [2.45, 2.75) is 45.3 Å². The summed E-state index contributed by atoms with van der Waals surface area (Å²) >= 11 is 1.58. The quantitative estimate of drug-likeness (QED) is 0.762. The van der Waals surface area contributed by atoms with Crippen LogP contribution in [0, 0.1) is 0 Å². The molecule has 0 aromatic rings. The Kier molecular flexibility index (Phi) is 5.20. The Morgan fingerprint density at radius 3 is 2.59 bits per heavy atom. The topological polar surface area (TPSA) is 76.2 Å². The van der Waals surface area contributed by atoms with Gasteiger partial charge in [0.1, 0.15) is 11.6 Å². The molecule has 0 radical (unpaired) electrons. The number of nitrogens with zero attached hydrogens (tertiary/aromatic N) is 2. The van der Waals surface area contributed by atoms with Crippen molar-refractivity contribution < 1.29 is 24.0 Å². The van der Waals surface area contributed by atoms with E-state index in [0.717, 1.165) is 10.8 Å². The fraction of sp³-hybridized carbons (Fsp3) is 0.786. The van der Waals surface area contributed by atoms with E-state index in [1.165, 1.54) is 4.90 Å². The molecule has 1 unspecified atom stereocenters. The van der Waals surface area contributed by atoms with Crippen LogP contribution in [0.15, 0.2) is 0 Å². The van der Waals surface area contributed by atoms with Gasteiger partial charge in [-0.2, -0.15) is 16.8 Å². The lowest BCUT2D eigenvalue weighted by molar-refractivity contribution is -0.196. The molecule has 2 aliphatic heterocycles. The van der Waals surface area contributed by atoms with Crippen molar-refractivity contribution in [3.63, 3.8) is 0 Å². The van der Waals surface area contributed by atoms with Gasteiger partial charge in [-0.05, 0) is 27.2 Å². The summed E-state index contributed by atoms with van der Waals surface area (Å²) < 4.78 is 5.34. The molecular weight excluding hydrogens is 308 g/mol. The summed E-state index contributed by atoms with van der Waals surface area (Å²) in [6.07, 6.45) is 0.548. The Morgan fingerprint density at radius 1 is 1.27 bits per heavy atom. The molecule has 22 heavy (non-hydrogen) atoms. The summed E-state index contributed by atoms with van der Waals surface area (Å²) in [5.74, 6) is 0.417. The maximum atomic E-state index is 12.3. The van der Waals surface area contributed by atoms with Gasteiger partial charge in [-0.3, -0.25) is 9.69 Å². The number of hydroxylamine groups is 2. The first-order chi connectivity index (χ1) is 10.3. The van der Waals surface area contributed by atoms with Gasteiger partial charge in [0, 0.05) is 24.5 Å². The SMILES string of the molecule is CC(C)(C)OC(=O)N1CCSCC1C(=O)ON1CCCC1=O. The smallest absolute Gasteiger partial charge is 0.411 e. The van der Waals surface area contributed by atoms with E-state index in [2.05, 4.69) is 0 Å². The third kappa shape index (κ3) is 4.28. The van der Waals surface area contributed by atoms with E-state index in [1.807, 2.05) is 0 Å². The van der Waals surface area contributed by atoms with Crippen molar-refractivity contribution in [2.24, 2.45) is 0 Å². The fourth-order valence-electron chi connectivity index (χ4n) is 2.23. The molecule has 0 aliphatic carbocycles.